The number of aliphatic carboxylic acids is 1. The van der Waals surface area contributed by atoms with Crippen LogP contribution in [0.5, 0.6) is 0 Å². The standard InChI is InChI=1S/C13H13N3O3/c17-8-5-11(13(18)19)16(6-8)12-9-3-1-2-4-10(9)14-7-15-12/h1-4,7-8,11,17H,5-6H2,(H,18,19). The van der Waals surface area contributed by atoms with Crippen LogP contribution in [0.25, 0.3) is 10.9 Å². The molecule has 0 spiro atoms. The van der Waals surface area contributed by atoms with E-state index in [1.807, 2.05) is 24.3 Å². The number of carbonyl (C=O) groups is 1. The maximum atomic E-state index is 11.3. The van der Waals surface area contributed by atoms with Gasteiger partial charge in [-0.1, -0.05) is 12.1 Å². The zero-order chi connectivity index (χ0) is 13.4. The zero-order valence-electron chi connectivity index (χ0n) is 10.1. The van der Waals surface area contributed by atoms with Gasteiger partial charge in [0.15, 0.2) is 0 Å². The van der Waals surface area contributed by atoms with E-state index in [9.17, 15) is 15.0 Å². The molecule has 19 heavy (non-hydrogen) atoms. The summed E-state index contributed by atoms with van der Waals surface area (Å²) < 4.78 is 0. The Kier molecular flexibility index (Phi) is 2.79. The largest absolute Gasteiger partial charge is 0.480 e. The second-order valence-electron chi connectivity index (χ2n) is 4.61. The number of anilines is 1. The van der Waals surface area contributed by atoms with Crippen LogP contribution in [0.1, 0.15) is 6.42 Å². The molecule has 1 fully saturated rings. The van der Waals surface area contributed by atoms with Gasteiger partial charge in [0.1, 0.15) is 18.2 Å². The fraction of sp³-hybridized carbons (Fsp3) is 0.308. The first kappa shape index (κ1) is 11.9. The van der Waals surface area contributed by atoms with E-state index in [1.54, 1.807) is 4.90 Å². The summed E-state index contributed by atoms with van der Waals surface area (Å²) in [4.78, 5) is 21.3. The molecule has 1 aliphatic heterocycles. The van der Waals surface area contributed by atoms with E-state index in [2.05, 4.69) is 9.97 Å². The summed E-state index contributed by atoms with van der Waals surface area (Å²) in [5, 5.41) is 19.7. The third-order valence-corrected chi connectivity index (χ3v) is 3.36. The van der Waals surface area contributed by atoms with Gasteiger partial charge >= 0.3 is 5.97 Å². The lowest BCUT2D eigenvalue weighted by atomic mass is 10.2. The molecule has 2 N–H and O–H groups in total. The van der Waals surface area contributed by atoms with Gasteiger partial charge in [-0.2, -0.15) is 0 Å². The minimum Gasteiger partial charge on any atom is -0.480 e. The van der Waals surface area contributed by atoms with E-state index in [0.717, 1.165) is 10.9 Å². The molecule has 2 atom stereocenters. The molecule has 0 bridgehead atoms. The third kappa shape index (κ3) is 2.00. The van der Waals surface area contributed by atoms with Crippen LogP contribution < -0.4 is 4.90 Å². The highest BCUT2D eigenvalue weighted by molar-refractivity contribution is 5.91. The van der Waals surface area contributed by atoms with Gasteiger partial charge < -0.3 is 15.1 Å². The first-order chi connectivity index (χ1) is 9.16. The Morgan fingerprint density at radius 3 is 2.89 bits per heavy atom. The fourth-order valence-corrected chi connectivity index (χ4v) is 2.50. The van der Waals surface area contributed by atoms with Gasteiger partial charge in [0.05, 0.1) is 11.6 Å². The maximum Gasteiger partial charge on any atom is 0.326 e. The van der Waals surface area contributed by atoms with Crippen molar-refractivity contribution in [2.75, 3.05) is 11.4 Å². The summed E-state index contributed by atoms with van der Waals surface area (Å²) in [5.41, 5.74) is 0.762. The highest BCUT2D eigenvalue weighted by Gasteiger charge is 2.37. The molecule has 2 aromatic rings. The Morgan fingerprint density at radius 2 is 2.11 bits per heavy atom. The van der Waals surface area contributed by atoms with Crippen molar-refractivity contribution in [3.8, 4) is 0 Å². The molecular weight excluding hydrogens is 246 g/mol. The average Bonchev–Trinajstić information content (AvgIpc) is 2.80. The Hall–Kier alpha value is -2.21. The van der Waals surface area contributed by atoms with E-state index >= 15 is 0 Å². The van der Waals surface area contributed by atoms with E-state index < -0.39 is 18.1 Å². The Labute approximate surface area is 109 Å². The summed E-state index contributed by atoms with van der Waals surface area (Å²) in [7, 11) is 0. The quantitative estimate of drug-likeness (QED) is 0.823. The Balaban J connectivity index is 2.11. The normalized spacial score (nSPS) is 22.9. The molecule has 2 unspecified atom stereocenters. The first-order valence-corrected chi connectivity index (χ1v) is 6.04. The molecule has 1 saturated heterocycles. The van der Waals surface area contributed by atoms with Gasteiger partial charge in [0.25, 0.3) is 0 Å². The van der Waals surface area contributed by atoms with Crippen LogP contribution >= 0.6 is 0 Å². The average molecular weight is 259 g/mol. The minimum absolute atomic E-state index is 0.216. The number of carboxylic acids is 1. The van der Waals surface area contributed by atoms with E-state index in [0.29, 0.717) is 5.82 Å². The number of aromatic nitrogens is 2. The molecule has 98 valence electrons. The molecule has 0 saturated carbocycles. The Bertz CT molecular complexity index is 626. The summed E-state index contributed by atoms with van der Waals surface area (Å²) in [5.74, 6) is -0.381. The first-order valence-electron chi connectivity index (χ1n) is 6.04. The van der Waals surface area contributed by atoms with Crippen molar-refractivity contribution in [1.82, 2.24) is 9.97 Å². The van der Waals surface area contributed by atoms with Gasteiger partial charge in [-0.25, -0.2) is 14.8 Å². The van der Waals surface area contributed by atoms with Crippen LogP contribution in [-0.4, -0.2) is 44.8 Å². The van der Waals surface area contributed by atoms with Gasteiger partial charge in [-0.05, 0) is 12.1 Å². The molecule has 0 amide bonds. The Morgan fingerprint density at radius 1 is 1.32 bits per heavy atom. The van der Waals surface area contributed by atoms with Crippen LogP contribution in [0, 0.1) is 0 Å². The van der Waals surface area contributed by atoms with Crippen molar-refractivity contribution in [1.29, 1.82) is 0 Å². The molecule has 2 heterocycles. The minimum atomic E-state index is -0.945. The fourth-order valence-electron chi connectivity index (χ4n) is 2.50. The van der Waals surface area contributed by atoms with Crippen molar-refractivity contribution < 1.29 is 15.0 Å². The summed E-state index contributed by atoms with van der Waals surface area (Å²) in [6.07, 6.45) is 0.990. The highest BCUT2D eigenvalue weighted by Crippen LogP contribution is 2.29. The van der Waals surface area contributed by atoms with Crippen molar-refractivity contribution in [3.63, 3.8) is 0 Å². The van der Waals surface area contributed by atoms with E-state index in [-0.39, 0.29) is 13.0 Å². The SMILES string of the molecule is O=C(O)C1CC(O)CN1c1ncnc2ccccc12. The van der Waals surface area contributed by atoms with Crippen molar-refractivity contribution in [2.45, 2.75) is 18.6 Å². The molecule has 6 nitrogen and oxygen atoms in total. The number of para-hydroxylation sites is 1. The van der Waals surface area contributed by atoms with E-state index in [4.69, 9.17) is 0 Å². The number of fused-ring (bicyclic) bond motifs is 1. The smallest absolute Gasteiger partial charge is 0.326 e. The van der Waals surface area contributed by atoms with Crippen LogP contribution in [-0.2, 0) is 4.79 Å². The lowest BCUT2D eigenvalue weighted by Gasteiger charge is -2.23. The number of nitrogens with zero attached hydrogens (tertiary/aromatic N) is 3. The summed E-state index contributed by atoms with van der Waals surface area (Å²) >= 11 is 0. The highest BCUT2D eigenvalue weighted by atomic mass is 16.4. The number of β-amino-alcohol motifs (C(OH)–C–C–N with tert-alkyl or cyclic N) is 1. The molecule has 6 heteroatoms. The number of aliphatic hydroxyl groups is 1. The molecule has 1 aliphatic rings. The second-order valence-corrected chi connectivity index (χ2v) is 4.61. The molecule has 1 aromatic heterocycles. The number of hydrogen-bond acceptors (Lipinski definition) is 5. The van der Waals surface area contributed by atoms with Crippen molar-refractivity contribution >= 4 is 22.7 Å². The van der Waals surface area contributed by atoms with Gasteiger partial charge in [0, 0.05) is 18.4 Å². The van der Waals surface area contributed by atoms with E-state index in [1.165, 1.54) is 6.33 Å². The lowest BCUT2D eigenvalue weighted by Crippen LogP contribution is -2.36. The number of hydrogen-bond donors (Lipinski definition) is 2. The number of carboxylic acid groups (broad SMARTS) is 1. The monoisotopic (exact) mass is 259 g/mol. The summed E-state index contributed by atoms with van der Waals surface area (Å²) in [6.45, 7) is 0.276. The molecular formula is C13H13N3O3. The van der Waals surface area contributed by atoms with Crippen molar-refractivity contribution in [3.05, 3.63) is 30.6 Å². The zero-order valence-corrected chi connectivity index (χ0v) is 10.1. The lowest BCUT2D eigenvalue weighted by molar-refractivity contribution is -0.138. The van der Waals surface area contributed by atoms with Gasteiger partial charge in [0.2, 0.25) is 0 Å². The van der Waals surface area contributed by atoms with Crippen LogP contribution in [0.3, 0.4) is 0 Å². The second kappa shape index (κ2) is 4.47. The number of aliphatic hydroxyl groups excluding tert-OH is 1. The van der Waals surface area contributed by atoms with Crippen molar-refractivity contribution in [2.24, 2.45) is 0 Å². The van der Waals surface area contributed by atoms with Crippen LogP contribution in [0.4, 0.5) is 5.82 Å². The third-order valence-electron chi connectivity index (χ3n) is 3.36. The molecule has 0 aliphatic carbocycles. The number of rotatable bonds is 2. The number of benzene rings is 1. The predicted molar refractivity (Wildman–Crippen MR) is 68.9 cm³/mol. The molecule has 1 aromatic carbocycles. The van der Waals surface area contributed by atoms with Crippen LogP contribution in [0.2, 0.25) is 0 Å². The maximum absolute atomic E-state index is 11.3. The molecule has 0 radical (unpaired) electrons. The topological polar surface area (TPSA) is 86.5 Å². The molecule has 3 rings (SSSR count). The predicted octanol–water partition coefficient (Wildman–Crippen LogP) is 0.654. The van der Waals surface area contributed by atoms with Crippen LogP contribution in [0.15, 0.2) is 30.6 Å². The van der Waals surface area contributed by atoms with Gasteiger partial charge in [-0.15, -0.1) is 0 Å². The summed E-state index contributed by atoms with van der Waals surface area (Å²) in [6, 6.07) is 6.69. The van der Waals surface area contributed by atoms with Gasteiger partial charge in [-0.3, -0.25) is 0 Å².